The van der Waals surface area contributed by atoms with Crippen molar-refractivity contribution in [2.75, 3.05) is 7.11 Å². The van der Waals surface area contributed by atoms with Gasteiger partial charge >= 0.3 is 0 Å². The summed E-state index contributed by atoms with van der Waals surface area (Å²) >= 11 is 3.16. The number of nitrogens with zero attached hydrogens (tertiary/aromatic N) is 3. The summed E-state index contributed by atoms with van der Waals surface area (Å²) in [5, 5.41) is 6.97. The number of hydrogen-bond donors (Lipinski definition) is 1. The van der Waals surface area contributed by atoms with Crippen molar-refractivity contribution in [2.45, 2.75) is 19.5 Å². The summed E-state index contributed by atoms with van der Waals surface area (Å²) in [5.41, 5.74) is 2.19. The maximum absolute atomic E-state index is 13.5. The lowest BCUT2D eigenvalue weighted by molar-refractivity contribution is -0.122. The van der Waals surface area contributed by atoms with Crippen LogP contribution in [-0.2, 0) is 11.3 Å². The lowest BCUT2D eigenvalue weighted by Gasteiger charge is -2.15. The predicted molar refractivity (Wildman–Crippen MR) is 120 cm³/mol. The third-order valence-electron chi connectivity index (χ3n) is 4.96. The zero-order valence-electron chi connectivity index (χ0n) is 17.4. The van der Waals surface area contributed by atoms with E-state index in [1.54, 1.807) is 42.1 Å². The Morgan fingerprint density at radius 3 is 2.75 bits per heavy atom. The maximum atomic E-state index is 13.5. The van der Waals surface area contributed by atoms with Crippen LogP contribution in [0.3, 0.4) is 0 Å². The highest BCUT2D eigenvalue weighted by Crippen LogP contribution is 2.26. The van der Waals surface area contributed by atoms with E-state index in [2.05, 4.69) is 31.4 Å². The Balaban J connectivity index is 1.46. The topological polar surface area (TPSA) is 82.2 Å². The average molecular weight is 499 g/mol. The first-order valence-corrected chi connectivity index (χ1v) is 10.6. The number of amides is 1. The molecule has 9 heteroatoms. The number of carbonyl (C=O) groups is 1. The van der Waals surface area contributed by atoms with Crippen LogP contribution < -0.4 is 10.1 Å². The van der Waals surface area contributed by atoms with Gasteiger partial charge in [-0.25, -0.2) is 4.39 Å². The lowest BCUT2D eigenvalue weighted by Crippen LogP contribution is -2.30. The monoisotopic (exact) mass is 498 g/mol. The van der Waals surface area contributed by atoms with Gasteiger partial charge in [-0.1, -0.05) is 17.3 Å². The highest BCUT2D eigenvalue weighted by Gasteiger charge is 2.17. The first-order valence-electron chi connectivity index (χ1n) is 9.82. The SMILES string of the molecule is COc1ccc([C@@H](C)NC(=O)Cn2cccc2-c2nc(-c3ccc(F)c(Br)c3)no2)cc1. The van der Waals surface area contributed by atoms with Crippen LogP contribution in [0.5, 0.6) is 5.75 Å². The van der Waals surface area contributed by atoms with Gasteiger partial charge in [0.2, 0.25) is 11.7 Å². The molecule has 2 aromatic carbocycles. The molecule has 0 aliphatic carbocycles. The van der Waals surface area contributed by atoms with Gasteiger partial charge in [-0.2, -0.15) is 4.98 Å². The van der Waals surface area contributed by atoms with E-state index < -0.39 is 0 Å². The van der Waals surface area contributed by atoms with Crippen LogP contribution in [0.25, 0.3) is 23.0 Å². The number of halogens is 2. The summed E-state index contributed by atoms with van der Waals surface area (Å²) < 4.78 is 26.1. The van der Waals surface area contributed by atoms with Gasteiger partial charge in [-0.05, 0) is 70.9 Å². The molecule has 0 unspecified atom stereocenters. The van der Waals surface area contributed by atoms with Crippen molar-refractivity contribution in [1.82, 2.24) is 20.0 Å². The average Bonchev–Trinajstić information content (AvgIpc) is 3.45. The fourth-order valence-corrected chi connectivity index (χ4v) is 3.62. The number of aromatic nitrogens is 3. The van der Waals surface area contributed by atoms with Gasteiger partial charge in [0.15, 0.2) is 0 Å². The number of rotatable bonds is 7. The molecular formula is C23H20BrFN4O3. The number of methoxy groups -OCH3 is 1. The third kappa shape index (κ3) is 4.72. The Kier molecular flexibility index (Phi) is 6.36. The smallest absolute Gasteiger partial charge is 0.274 e. The van der Waals surface area contributed by atoms with Crippen molar-refractivity contribution in [3.63, 3.8) is 0 Å². The number of nitrogens with one attached hydrogen (secondary N) is 1. The third-order valence-corrected chi connectivity index (χ3v) is 5.57. The van der Waals surface area contributed by atoms with Crippen molar-refractivity contribution in [3.05, 3.63) is 76.6 Å². The summed E-state index contributed by atoms with van der Waals surface area (Å²) in [6.07, 6.45) is 1.77. The summed E-state index contributed by atoms with van der Waals surface area (Å²) in [4.78, 5) is 17.0. The van der Waals surface area contributed by atoms with Gasteiger partial charge in [0.1, 0.15) is 23.8 Å². The van der Waals surface area contributed by atoms with Crippen molar-refractivity contribution >= 4 is 21.8 Å². The van der Waals surface area contributed by atoms with E-state index in [1.807, 2.05) is 31.2 Å². The first kappa shape index (κ1) is 21.8. The molecule has 0 fully saturated rings. The van der Waals surface area contributed by atoms with Crippen molar-refractivity contribution in [1.29, 1.82) is 0 Å². The van der Waals surface area contributed by atoms with Crippen LogP contribution >= 0.6 is 15.9 Å². The van der Waals surface area contributed by atoms with Crippen LogP contribution in [0, 0.1) is 5.82 Å². The highest BCUT2D eigenvalue weighted by atomic mass is 79.9. The fraction of sp³-hybridized carbons (Fsp3) is 0.174. The van der Waals surface area contributed by atoms with Gasteiger partial charge in [0.05, 0.1) is 17.6 Å². The second kappa shape index (κ2) is 9.35. The molecule has 2 heterocycles. The standard InChI is InChI=1S/C23H20BrFN4O3/c1-14(15-5-8-17(31-2)9-6-15)26-21(30)13-29-11-3-4-20(29)23-27-22(28-32-23)16-7-10-19(25)18(24)12-16/h3-12,14H,13H2,1-2H3,(H,26,30)/t14-/m1/s1. The van der Waals surface area contributed by atoms with Crippen molar-refractivity contribution in [2.24, 2.45) is 0 Å². The molecule has 0 aliphatic rings. The van der Waals surface area contributed by atoms with Crippen LogP contribution in [0.2, 0.25) is 0 Å². The Bertz CT molecular complexity index is 1240. The number of carbonyl (C=O) groups excluding carboxylic acids is 1. The quantitative estimate of drug-likeness (QED) is 0.388. The molecule has 2 aromatic heterocycles. The molecule has 0 saturated carbocycles. The molecule has 32 heavy (non-hydrogen) atoms. The molecule has 1 amide bonds. The van der Waals surface area contributed by atoms with Crippen LogP contribution in [0.1, 0.15) is 18.5 Å². The molecular weight excluding hydrogens is 479 g/mol. The summed E-state index contributed by atoms with van der Waals surface area (Å²) in [6.45, 7) is 2.00. The molecule has 0 aliphatic heterocycles. The van der Waals surface area contributed by atoms with E-state index in [9.17, 15) is 9.18 Å². The Labute approximate surface area is 192 Å². The van der Waals surface area contributed by atoms with Gasteiger partial charge in [0, 0.05) is 11.8 Å². The number of ether oxygens (including phenoxy) is 1. The van der Waals surface area contributed by atoms with Crippen LogP contribution in [0.15, 0.2) is 69.8 Å². The van der Waals surface area contributed by atoms with Crippen LogP contribution in [-0.4, -0.2) is 27.7 Å². The minimum atomic E-state index is -0.374. The van der Waals surface area contributed by atoms with Crippen molar-refractivity contribution < 1.29 is 18.4 Å². The minimum absolute atomic E-state index is 0.0860. The molecule has 0 spiro atoms. The van der Waals surface area contributed by atoms with Gasteiger partial charge in [-0.15, -0.1) is 0 Å². The zero-order chi connectivity index (χ0) is 22.7. The van der Waals surface area contributed by atoms with E-state index in [0.29, 0.717) is 21.6 Å². The number of hydrogen-bond acceptors (Lipinski definition) is 5. The predicted octanol–water partition coefficient (Wildman–Crippen LogP) is 4.99. The summed E-state index contributed by atoms with van der Waals surface area (Å²) in [6, 6.07) is 15.4. The molecule has 1 atom stereocenters. The lowest BCUT2D eigenvalue weighted by atomic mass is 10.1. The molecule has 4 rings (SSSR count). The highest BCUT2D eigenvalue weighted by molar-refractivity contribution is 9.10. The van der Waals surface area contributed by atoms with Gasteiger partial charge < -0.3 is 19.1 Å². The summed E-state index contributed by atoms with van der Waals surface area (Å²) in [5.74, 6) is 0.817. The Hall–Kier alpha value is -3.46. The zero-order valence-corrected chi connectivity index (χ0v) is 19.0. The van der Waals surface area contributed by atoms with E-state index in [4.69, 9.17) is 9.26 Å². The Morgan fingerprint density at radius 2 is 2.03 bits per heavy atom. The van der Waals surface area contributed by atoms with E-state index in [0.717, 1.165) is 11.3 Å². The Morgan fingerprint density at radius 1 is 1.25 bits per heavy atom. The first-order chi connectivity index (χ1) is 15.4. The normalized spacial score (nSPS) is 11.9. The second-order valence-electron chi connectivity index (χ2n) is 7.14. The molecule has 1 N–H and O–H groups in total. The maximum Gasteiger partial charge on any atom is 0.274 e. The van der Waals surface area contributed by atoms with E-state index >= 15 is 0 Å². The van der Waals surface area contributed by atoms with Gasteiger partial charge in [-0.3, -0.25) is 4.79 Å². The van der Waals surface area contributed by atoms with E-state index in [1.165, 1.54) is 6.07 Å². The van der Waals surface area contributed by atoms with Gasteiger partial charge in [0.25, 0.3) is 5.89 Å². The van der Waals surface area contributed by atoms with E-state index in [-0.39, 0.29) is 30.2 Å². The molecule has 0 saturated heterocycles. The summed E-state index contributed by atoms with van der Waals surface area (Å²) in [7, 11) is 1.61. The molecule has 164 valence electrons. The fourth-order valence-electron chi connectivity index (χ4n) is 3.24. The van der Waals surface area contributed by atoms with Crippen LogP contribution in [0.4, 0.5) is 4.39 Å². The molecule has 7 nitrogen and oxygen atoms in total. The minimum Gasteiger partial charge on any atom is -0.497 e. The second-order valence-corrected chi connectivity index (χ2v) is 7.99. The molecule has 4 aromatic rings. The molecule has 0 bridgehead atoms. The molecule has 0 radical (unpaired) electrons. The number of benzene rings is 2. The largest absolute Gasteiger partial charge is 0.497 e. The van der Waals surface area contributed by atoms with Crippen molar-refractivity contribution in [3.8, 4) is 28.7 Å².